The van der Waals surface area contributed by atoms with Gasteiger partial charge in [0, 0.05) is 0 Å². The molecule has 1 saturated heterocycles. The summed E-state index contributed by atoms with van der Waals surface area (Å²) in [6.07, 6.45) is -7.14. The Hall–Kier alpha value is -0.290. The van der Waals surface area contributed by atoms with Gasteiger partial charge in [0.15, 0.2) is 6.10 Å². The normalized spacial score (nSPS) is 47.9. The molecule has 1 fully saturated rings. The van der Waals surface area contributed by atoms with Crippen LogP contribution in [0.15, 0.2) is 0 Å². The Morgan fingerprint density at radius 2 is 1.67 bits per heavy atom. The van der Waals surface area contributed by atoms with Gasteiger partial charge in [0.2, 0.25) is 0 Å². The van der Waals surface area contributed by atoms with Crippen LogP contribution in [0.25, 0.3) is 0 Å². The Kier molecular flexibility index (Phi) is 3.09. The zero-order valence-corrected chi connectivity index (χ0v) is 8.49. The molecule has 1 rings (SSSR count). The van der Waals surface area contributed by atoms with Crippen LogP contribution in [0.1, 0.15) is 6.92 Å². The summed E-state index contributed by atoms with van der Waals surface area (Å²) in [4.78, 5) is 0. The van der Waals surface area contributed by atoms with Gasteiger partial charge in [-0.2, -0.15) is 8.42 Å². The number of aliphatic hydroxyl groups excluding tert-OH is 3. The van der Waals surface area contributed by atoms with Crippen LogP contribution >= 0.6 is 0 Å². The maximum Gasteiger partial charge on any atom is 0.327 e. The highest BCUT2D eigenvalue weighted by Gasteiger charge is 2.59. The first-order chi connectivity index (χ1) is 6.61. The third-order valence-electron chi connectivity index (χ3n) is 2.25. The summed E-state index contributed by atoms with van der Waals surface area (Å²) in [7, 11) is -5.15. The van der Waals surface area contributed by atoms with Gasteiger partial charge in [-0.3, -0.25) is 4.55 Å². The second-order valence-electron chi connectivity index (χ2n) is 3.35. The minimum absolute atomic E-state index is 1.16. The van der Waals surface area contributed by atoms with E-state index in [2.05, 4.69) is 4.74 Å². The van der Waals surface area contributed by atoms with Crippen LogP contribution in [-0.2, 0) is 14.9 Å². The van der Waals surface area contributed by atoms with E-state index in [0.717, 1.165) is 6.92 Å². The van der Waals surface area contributed by atoms with E-state index in [1.165, 1.54) is 0 Å². The number of rotatable bonds is 1. The van der Waals surface area contributed by atoms with E-state index in [9.17, 15) is 28.8 Å². The molecule has 1 aliphatic heterocycles. The molecule has 0 unspecified atom stereocenters. The summed E-state index contributed by atoms with van der Waals surface area (Å²) in [6.45, 7) is 1.16. The lowest BCUT2D eigenvalue weighted by Gasteiger charge is -2.42. The van der Waals surface area contributed by atoms with E-state index < -0.39 is 39.7 Å². The van der Waals surface area contributed by atoms with E-state index in [1.807, 2.05) is 0 Å². The van der Waals surface area contributed by atoms with Crippen LogP contribution < -0.4 is 0 Å². The molecule has 15 heavy (non-hydrogen) atoms. The Morgan fingerprint density at radius 1 is 1.20 bits per heavy atom. The average Bonchev–Trinajstić information content (AvgIpc) is 2.10. The summed E-state index contributed by atoms with van der Waals surface area (Å²) in [6, 6.07) is 0. The van der Waals surface area contributed by atoms with Gasteiger partial charge in [-0.25, -0.2) is 0 Å². The smallest absolute Gasteiger partial charge is 0.327 e. The Balaban J connectivity index is 3.13. The standard InChI is InChI=1S/C6H12O8S/c1-2-3(7)4(8)5(9)6(10,14-2)15(11,12)13/h2-5,7-10H,1H3,(H,11,12,13)/t2-,3+,4+,5-,6+/m1/s1. The fourth-order valence-corrected chi connectivity index (χ4v) is 2.02. The molecule has 0 radical (unpaired) electrons. The van der Waals surface area contributed by atoms with E-state index >= 15 is 0 Å². The largest absolute Gasteiger partial charge is 0.388 e. The van der Waals surface area contributed by atoms with E-state index in [1.54, 1.807) is 0 Å². The monoisotopic (exact) mass is 244 g/mol. The second kappa shape index (κ2) is 3.63. The van der Waals surface area contributed by atoms with Crippen molar-refractivity contribution in [3.05, 3.63) is 0 Å². The summed E-state index contributed by atoms with van der Waals surface area (Å²) in [5, 5.41) is 33.6. The molecule has 0 aromatic rings. The van der Waals surface area contributed by atoms with Crippen LogP contribution in [0.2, 0.25) is 0 Å². The molecule has 90 valence electrons. The molecule has 1 heterocycles. The first-order valence-corrected chi connectivity index (χ1v) is 5.46. The van der Waals surface area contributed by atoms with Crippen LogP contribution in [-0.4, -0.2) is 62.9 Å². The fourth-order valence-electron chi connectivity index (χ4n) is 1.30. The third kappa shape index (κ3) is 1.87. The Bertz CT molecular complexity index is 339. The second-order valence-corrected chi connectivity index (χ2v) is 4.89. The van der Waals surface area contributed by atoms with E-state index in [-0.39, 0.29) is 0 Å². The molecule has 8 nitrogen and oxygen atoms in total. The molecule has 9 heteroatoms. The summed E-state index contributed by atoms with van der Waals surface area (Å²) >= 11 is 0. The minimum atomic E-state index is -5.15. The van der Waals surface area contributed by atoms with Crippen molar-refractivity contribution in [3.63, 3.8) is 0 Å². The lowest BCUT2D eigenvalue weighted by Crippen LogP contribution is -2.66. The summed E-state index contributed by atoms with van der Waals surface area (Å²) < 4.78 is 34.5. The average molecular weight is 244 g/mol. The molecule has 5 N–H and O–H groups in total. The van der Waals surface area contributed by atoms with Gasteiger partial charge < -0.3 is 25.2 Å². The quantitative estimate of drug-likeness (QED) is 0.307. The first kappa shape index (κ1) is 12.8. The Morgan fingerprint density at radius 3 is 2.07 bits per heavy atom. The number of hydrogen-bond donors (Lipinski definition) is 5. The van der Waals surface area contributed by atoms with Crippen LogP contribution in [0.5, 0.6) is 0 Å². The van der Waals surface area contributed by atoms with Crippen molar-refractivity contribution in [2.45, 2.75) is 36.5 Å². The van der Waals surface area contributed by atoms with Crippen molar-refractivity contribution in [3.8, 4) is 0 Å². The highest BCUT2D eigenvalue weighted by Crippen LogP contribution is 2.31. The van der Waals surface area contributed by atoms with Gasteiger partial charge in [-0.05, 0) is 6.92 Å². The number of ether oxygens (including phenoxy) is 1. The molecule has 0 aliphatic carbocycles. The van der Waals surface area contributed by atoms with E-state index in [4.69, 9.17) is 4.55 Å². The zero-order chi connectivity index (χ0) is 12.0. The molecular formula is C6H12O8S. The van der Waals surface area contributed by atoms with Gasteiger partial charge >= 0.3 is 15.2 Å². The van der Waals surface area contributed by atoms with Crippen LogP contribution in [0.4, 0.5) is 0 Å². The number of hydrogen-bond acceptors (Lipinski definition) is 7. The molecule has 0 aromatic heterocycles. The summed E-state index contributed by atoms with van der Waals surface area (Å²) in [5.41, 5.74) is 0. The highest BCUT2D eigenvalue weighted by atomic mass is 32.2. The van der Waals surface area contributed by atoms with Crippen molar-refractivity contribution in [2.24, 2.45) is 0 Å². The molecular weight excluding hydrogens is 232 g/mol. The van der Waals surface area contributed by atoms with Gasteiger partial charge in [0.1, 0.15) is 12.2 Å². The molecule has 5 atom stereocenters. The molecule has 0 spiro atoms. The van der Waals surface area contributed by atoms with Gasteiger partial charge in [-0.15, -0.1) is 0 Å². The van der Waals surface area contributed by atoms with Crippen molar-refractivity contribution >= 4 is 10.1 Å². The molecule has 1 aliphatic rings. The SMILES string of the molecule is C[C@H]1O[C@](O)(S(=O)(=O)O)[C@H](O)[C@@H](O)[C@H]1O. The zero-order valence-electron chi connectivity index (χ0n) is 7.68. The van der Waals surface area contributed by atoms with Gasteiger partial charge in [-0.1, -0.05) is 0 Å². The van der Waals surface area contributed by atoms with E-state index in [0.29, 0.717) is 0 Å². The van der Waals surface area contributed by atoms with Crippen molar-refractivity contribution < 1.29 is 38.1 Å². The molecule has 0 aromatic carbocycles. The highest BCUT2D eigenvalue weighted by molar-refractivity contribution is 7.86. The fraction of sp³-hybridized carbons (Fsp3) is 1.00. The maximum absolute atomic E-state index is 10.7. The van der Waals surface area contributed by atoms with Crippen molar-refractivity contribution in [2.75, 3.05) is 0 Å². The topological polar surface area (TPSA) is 145 Å². The van der Waals surface area contributed by atoms with Crippen molar-refractivity contribution in [1.82, 2.24) is 0 Å². The van der Waals surface area contributed by atoms with Gasteiger partial charge in [0.25, 0.3) is 0 Å². The maximum atomic E-state index is 10.7. The van der Waals surface area contributed by atoms with Gasteiger partial charge in [0.05, 0.1) is 6.10 Å². The third-order valence-corrected chi connectivity index (χ3v) is 3.33. The summed E-state index contributed by atoms with van der Waals surface area (Å²) in [5.74, 6) is 0. The minimum Gasteiger partial charge on any atom is -0.388 e. The first-order valence-electron chi connectivity index (χ1n) is 4.02. The molecule has 0 bridgehead atoms. The van der Waals surface area contributed by atoms with Crippen LogP contribution in [0, 0.1) is 0 Å². The number of aliphatic hydroxyl groups is 4. The lowest BCUT2D eigenvalue weighted by molar-refractivity contribution is -0.303. The van der Waals surface area contributed by atoms with Crippen molar-refractivity contribution in [1.29, 1.82) is 0 Å². The lowest BCUT2D eigenvalue weighted by atomic mass is 10.00. The molecule has 0 amide bonds. The predicted molar refractivity (Wildman–Crippen MR) is 45.1 cm³/mol. The van der Waals surface area contributed by atoms with Crippen LogP contribution in [0.3, 0.4) is 0 Å². The predicted octanol–water partition coefficient (Wildman–Crippen LogP) is -2.98. The molecule has 0 saturated carbocycles. The Labute approximate surface area is 85.5 Å².